The van der Waals surface area contributed by atoms with Gasteiger partial charge in [0.1, 0.15) is 0 Å². The molecule has 0 aliphatic carbocycles. The molecule has 28 heavy (non-hydrogen) atoms. The Hall–Kier alpha value is -2.86. The summed E-state index contributed by atoms with van der Waals surface area (Å²) >= 11 is 0. The molecular weight excluding hydrogens is 336 g/mol. The zero-order valence-corrected chi connectivity index (χ0v) is 16.9. The molecular formula is C28H30. The minimum Gasteiger partial charge on any atom is -0.0952 e. The zero-order chi connectivity index (χ0) is 19.8. The highest BCUT2D eigenvalue weighted by Crippen LogP contribution is 2.39. The smallest absolute Gasteiger partial charge is 0.00901 e. The summed E-state index contributed by atoms with van der Waals surface area (Å²) in [5.41, 5.74) is 6.30. The van der Waals surface area contributed by atoms with Gasteiger partial charge in [-0.3, -0.25) is 0 Å². The van der Waals surface area contributed by atoms with Crippen molar-refractivity contribution in [3.8, 4) is 0 Å². The van der Waals surface area contributed by atoms with Gasteiger partial charge in [-0.25, -0.2) is 0 Å². The van der Waals surface area contributed by atoms with Crippen molar-refractivity contribution in [3.05, 3.63) is 121 Å². The van der Waals surface area contributed by atoms with Crippen molar-refractivity contribution in [1.29, 1.82) is 0 Å². The molecule has 0 radical (unpaired) electrons. The Morgan fingerprint density at radius 2 is 1.07 bits per heavy atom. The third-order valence-electron chi connectivity index (χ3n) is 5.66. The zero-order valence-electron chi connectivity index (χ0n) is 16.9. The Labute approximate surface area is 170 Å². The van der Waals surface area contributed by atoms with E-state index in [1.807, 2.05) is 0 Å². The van der Waals surface area contributed by atoms with Gasteiger partial charge in [-0.05, 0) is 52.5 Å². The van der Waals surface area contributed by atoms with E-state index < -0.39 is 0 Å². The van der Waals surface area contributed by atoms with Gasteiger partial charge in [0, 0.05) is 0 Å². The second-order valence-corrected chi connectivity index (χ2v) is 7.53. The molecule has 3 aromatic carbocycles. The van der Waals surface area contributed by atoms with E-state index in [0.717, 1.165) is 19.3 Å². The normalized spacial score (nSPS) is 12.9. The quantitative estimate of drug-likeness (QED) is 0.360. The first kappa shape index (κ1) is 19.9. The predicted molar refractivity (Wildman–Crippen MR) is 123 cm³/mol. The van der Waals surface area contributed by atoms with Gasteiger partial charge in [0.15, 0.2) is 0 Å². The van der Waals surface area contributed by atoms with Crippen molar-refractivity contribution in [3.63, 3.8) is 0 Å². The van der Waals surface area contributed by atoms with Crippen LogP contribution in [0.5, 0.6) is 0 Å². The first-order valence-electron chi connectivity index (χ1n) is 10.2. The van der Waals surface area contributed by atoms with Crippen LogP contribution in [0.1, 0.15) is 48.8 Å². The van der Waals surface area contributed by atoms with Crippen molar-refractivity contribution in [2.24, 2.45) is 5.92 Å². The predicted octanol–water partition coefficient (Wildman–Crippen LogP) is 8.00. The maximum absolute atomic E-state index is 4.42. The van der Waals surface area contributed by atoms with E-state index in [0.29, 0.717) is 11.8 Å². The van der Waals surface area contributed by atoms with Crippen LogP contribution in [0.4, 0.5) is 0 Å². The first-order chi connectivity index (χ1) is 13.7. The largest absolute Gasteiger partial charge is 0.0952 e. The molecule has 0 aliphatic heterocycles. The number of allylic oxidation sites excluding steroid dienone is 2. The Balaban J connectivity index is 1.84. The van der Waals surface area contributed by atoms with Crippen molar-refractivity contribution >= 4 is 11.1 Å². The molecule has 0 N–H and O–H groups in total. The van der Waals surface area contributed by atoms with Crippen LogP contribution in [0, 0.1) is 5.92 Å². The molecule has 2 atom stereocenters. The van der Waals surface area contributed by atoms with Gasteiger partial charge < -0.3 is 0 Å². The fourth-order valence-electron chi connectivity index (χ4n) is 3.99. The molecule has 0 aliphatic rings. The molecule has 0 heteroatoms. The van der Waals surface area contributed by atoms with Crippen LogP contribution in [0.25, 0.3) is 11.1 Å². The maximum Gasteiger partial charge on any atom is -0.00901 e. The Bertz CT molecular complexity index is 875. The van der Waals surface area contributed by atoms with Crippen molar-refractivity contribution in [1.82, 2.24) is 0 Å². The summed E-state index contributed by atoms with van der Waals surface area (Å²) in [5.74, 6) is 0.954. The first-order valence-corrected chi connectivity index (χ1v) is 10.2. The maximum atomic E-state index is 4.42. The highest BCUT2D eigenvalue weighted by molar-refractivity contribution is 5.65. The fourth-order valence-corrected chi connectivity index (χ4v) is 3.99. The van der Waals surface area contributed by atoms with E-state index in [1.165, 1.54) is 27.8 Å². The van der Waals surface area contributed by atoms with Gasteiger partial charge in [0.25, 0.3) is 0 Å². The van der Waals surface area contributed by atoms with Gasteiger partial charge in [-0.2, -0.15) is 0 Å². The highest BCUT2D eigenvalue weighted by atomic mass is 14.3. The monoisotopic (exact) mass is 366 g/mol. The molecule has 0 saturated heterocycles. The molecule has 3 rings (SSSR count). The Morgan fingerprint density at radius 3 is 1.54 bits per heavy atom. The topological polar surface area (TPSA) is 0 Å². The molecule has 0 amide bonds. The van der Waals surface area contributed by atoms with Gasteiger partial charge in [0.05, 0.1) is 0 Å². The molecule has 0 nitrogen and oxygen atoms in total. The lowest BCUT2D eigenvalue weighted by atomic mass is 9.76. The van der Waals surface area contributed by atoms with Crippen LogP contribution < -0.4 is 0 Å². The summed E-state index contributed by atoms with van der Waals surface area (Å²) in [5, 5.41) is 0. The average Bonchev–Trinajstić information content (AvgIpc) is 2.77. The summed E-state index contributed by atoms with van der Waals surface area (Å²) < 4.78 is 0. The summed E-state index contributed by atoms with van der Waals surface area (Å²) in [4.78, 5) is 0. The standard InChI is InChI=1S/C28H30/c1-4-24(20-22(2)25-14-8-5-9-15-25)28(27-18-12-7-13-19-27)21-23(3)26-16-10-6-11-17-26/h5-19,24,28H,2-4,20-21H2,1H3. The third kappa shape index (κ3) is 5.10. The van der Waals surface area contributed by atoms with Crippen LogP contribution in [-0.4, -0.2) is 0 Å². The number of rotatable bonds is 9. The summed E-state index contributed by atoms with van der Waals surface area (Å²) in [6.45, 7) is 11.1. The summed E-state index contributed by atoms with van der Waals surface area (Å²) in [6, 6.07) is 32.0. The van der Waals surface area contributed by atoms with Crippen LogP contribution in [0.3, 0.4) is 0 Å². The van der Waals surface area contributed by atoms with Crippen molar-refractivity contribution in [2.75, 3.05) is 0 Å². The molecule has 0 spiro atoms. The molecule has 0 aromatic heterocycles. The lowest BCUT2D eigenvalue weighted by molar-refractivity contribution is 0.423. The number of hydrogen-bond donors (Lipinski definition) is 0. The van der Waals surface area contributed by atoms with Gasteiger partial charge in [-0.15, -0.1) is 0 Å². The van der Waals surface area contributed by atoms with Crippen LogP contribution in [0.15, 0.2) is 104 Å². The van der Waals surface area contributed by atoms with E-state index in [1.54, 1.807) is 0 Å². The average molecular weight is 367 g/mol. The summed E-state index contributed by atoms with van der Waals surface area (Å²) in [6.07, 6.45) is 3.09. The molecule has 0 heterocycles. The minimum absolute atomic E-state index is 0.430. The number of benzene rings is 3. The molecule has 0 bridgehead atoms. The molecule has 142 valence electrons. The van der Waals surface area contributed by atoms with E-state index in [-0.39, 0.29) is 0 Å². The molecule has 0 saturated carbocycles. The number of hydrogen-bond acceptors (Lipinski definition) is 0. The molecule has 2 unspecified atom stereocenters. The van der Waals surface area contributed by atoms with Gasteiger partial charge in [0.2, 0.25) is 0 Å². The van der Waals surface area contributed by atoms with Crippen LogP contribution >= 0.6 is 0 Å². The van der Waals surface area contributed by atoms with Gasteiger partial charge >= 0.3 is 0 Å². The van der Waals surface area contributed by atoms with E-state index in [9.17, 15) is 0 Å². The van der Waals surface area contributed by atoms with Crippen LogP contribution in [0.2, 0.25) is 0 Å². The van der Waals surface area contributed by atoms with Crippen LogP contribution in [-0.2, 0) is 0 Å². The Kier molecular flexibility index (Phi) is 7.03. The van der Waals surface area contributed by atoms with E-state index in [2.05, 4.69) is 111 Å². The Morgan fingerprint density at radius 1 is 0.643 bits per heavy atom. The highest BCUT2D eigenvalue weighted by Gasteiger charge is 2.24. The SMILES string of the molecule is C=C(CC(CC)C(CC(=C)c1ccccc1)c1ccccc1)c1ccccc1. The lowest BCUT2D eigenvalue weighted by Gasteiger charge is -2.29. The third-order valence-corrected chi connectivity index (χ3v) is 5.66. The second-order valence-electron chi connectivity index (χ2n) is 7.53. The molecule has 3 aromatic rings. The lowest BCUT2D eigenvalue weighted by Crippen LogP contribution is -2.14. The van der Waals surface area contributed by atoms with Crippen molar-refractivity contribution < 1.29 is 0 Å². The minimum atomic E-state index is 0.430. The second kappa shape index (κ2) is 9.90. The molecule has 0 fully saturated rings. The van der Waals surface area contributed by atoms with Crippen molar-refractivity contribution in [2.45, 2.75) is 32.1 Å². The summed E-state index contributed by atoms with van der Waals surface area (Å²) in [7, 11) is 0. The fraction of sp³-hybridized carbons (Fsp3) is 0.214. The van der Waals surface area contributed by atoms with E-state index in [4.69, 9.17) is 0 Å². The van der Waals surface area contributed by atoms with E-state index >= 15 is 0 Å². The van der Waals surface area contributed by atoms with Gasteiger partial charge in [-0.1, -0.05) is 117 Å².